The third kappa shape index (κ3) is 3.14. The van der Waals surface area contributed by atoms with E-state index in [-0.39, 0.29) is 11.7 Å². The number of hydrogen-bond donors (Lipinski definition) is 2. The maximum absolute atomic E-state index is 12.4. The normalized spacial score (nSPS) is 10.6. The van der Waals surface area contributed by atoms with Crippen LogP contribution < -0.4 is 11.1 Å². The number of aryl methyl sites for hydroxylation is 2. The summed E-state index contributed by atoms with van der Waals surface area (Å²) < 4.78 is 5.65. The minimum Gasteiger partial charge on any atom is -0.451 e. The second-order valence-corrected chi connectivity index (χ2v) is 6.05. The molecule has 2 aromatic carbocycles. The van der Waals surface area contributed by atoms with Crippen molar-refractivity contribution in [1.29, 1.82) is 0 Å². The van der Waals surface area contributed by atoms with Gasteiger partial charge in [-0.2, -0.15) is 0 Å². The maximum Gasteiger partial charge on any atom is 0.291 e. The number of carbonyl (C=O) groups excluding carboxylic acids is 1. The molecule has 0 atom stereocenters. The molecule has 0 saturated heterocycles. The van der Waals surface area contributed by atoms with E-state index in [0.717, 1.165) is 16.7 Å². The summed E-state index contributed by atoms with van der Waals surface area (Å²) in [6.45, 7) is 3.85. The van der Waals surface area contributed by atoms with Crippen molar-refractivity contribution in [2.45, 2.75) is 13.8 Å². The zero-order valence-corrected chi connectivity index (χ0v) is 14.1. The number of halogens is 1. The molecule has 0 saturated carbocycles. The van der Waals surface area contributed by atoms with E-state index < -0.39 is 0 Å². The molecular weight excluding hydrogens is 324 g/mol. The van der Waals surface area contributed by atoms with E-state index in [4.69, 9.17) is 21.8 Å². The van der Waals surface area contributed by atoms with Gasteiger partial charge in [0, 0.05) is 5.56 Å². The second-order valence-electron chi connectivity index (χ2n) is 5.64. The van der Waals surface area contributed by atoms with E-state index in [2.05, 4.69) is 5.32 Å². The Kier molecular flexibility index (Phi) is 4.32. The third-order valence-corrected chi connectivity index (χ3v) is 4.05. The van der Waals surface area contributed by atoms with Gasteiger partial charge in [-0.15, -0.1) is 0 Å². The Morgan fingerprint density at radius 3 is 2.58 bits per heavy atom. The van der Waals surface area contributed by atoms with Crippen molar-refractivity contribution in [1.82, 2.24) is 0 Å². The van der Waals surface area contributed by atoms with Gasteiger partial charge in [0.2, 0.25) is 0 Å². The number of amides is 1. The maximum atomic E-state index is 12.4. The number of nitrogens with one attached hydrogen (secondary N) is 1. The van der Waals surface area contributed by atoms with Crippen LogP contribution >= 0.6 is 11.6 Å². The first-order chi connectivity index (χ1) is 11.5. The average Bonchev–Trinajstić information content (AvgIpc) is 3.01. The van der Waals surface area contributed by atoms with Gasteiger partial charge in [0.15, 0.2) is 5.76 Å². The Hall–Kier alpha value is -2.72. The van der Waals surface area contributed by atoms with Crippen molar-refractivity contribution in [2.75, 3.05) is 11.1 Å². The van der Waals surface area contributed by atoms with Crippen LogP contribution in [0, 0.1) is 13.8 Å². The summed E-state index contributed by atoms with van der Waals surface area (Å²) in [6.07, 6.45) is 0. The SMILES string of the molecule is Cc1cc(C)c(NC(=O)c2ccc(-c3ccccc3Cl)o2)c(N)c1. The molecular formula is C19H17ClN2O2. The molecule has 0 radical (unpaired) electrons. The van der Waals surface area contributed by atoms with Gasteiger partial charge in [-0.1, -0.05) is 29.8 Å². The molecule has 0 bridgehead atoms. The van der Waals surface area contributed by atoms with Gasteiger partial charge < -0.3 is 15.5 Å². The van der Waals surface area contributed by atoms with Gasteiger partial charge in [-0.05, 0) is 55.3 Å². The quantitative estimate of drug-likeness (QED) is 0.655. The van der Waals surface area contributed by atoms with Gasteiger partial charge in [0.05, 0.1) is 16.4 Å². The lowest BCUT2D eigenvalue weighted by molar-refractivity contribution is 0.0997. The number of furan rings is 1. The molecule has 0 spiro atoms. The lowest BCUT2D eigenvalue weighted by Crippen LogP contribution is -2.13. The van der Waals surface area contributed by atoms with Gasteiger partial charge in [0.1, 0.15) is 5.76 Å². The van der Waals surface area contributed by atoms with Crippen LogP contribution in [0.5, 0.6) is 0 Å². The lowest BCUT2D eigenvalue weighted by Gasteiger charge is -2.11. The van der Waals surface area contributed by atoms with Gasteiger partial charge >= 0.3 is 0 Å². The molecule has 0 fully saturated rings. The molecule has 0 unspecified atom stereocenters. The summed E-state index contributed by atoms with van der Waals surface area (Å²) >= 11 is 6.16. The van der Waals surface area contributed by atoms with Crippen molar-refractivity contribution in [3.05, 3.63) is 70.4 Å². The number of anilines is 2. The molecule has 3 rings (SSSR count). The molecule has 3 aromatic rings. The van der Waals surface area contributed by atoms with Crippen molar-refractivity contribution in [2.24, 2.45) is 0 Å². The molecule has 122 valence electrons. The largest absolute Gasteiger partial charge is 0.451 e. The molecule has 1 aromatic heterocycles. The number of carbonyl (C=O) groups is 1. The van der Waals surface area contributed by atoms with Crippen LogP contribution in [-0.4, -0.2) is 5.91 Å². The summed E-state index contributed by atoms with van der Waals surface area (Å²) in [5.41, 5.74) is 9.81. The zero-order chi connectivity index (χ0) is 17.3. The van der Waals surface area contributed by atoms with Crippen molar-refractivity contribution < 1.29 is 9.21 Å². The highest BCUT2D eigenvalue weighted by Gasteiger charge is 2.16. The van der Waals surface area contributed by atoms with Crippen LogP contribution in [0.3, 0.4) is 0 Å². The van der Waals surface area contributed by atoms with E-state index in [9.17, 15) is 4.79 Å². The minimum atomic E-state index is -0.355. The molecule has 3 N–H and O–H groups in total. The summed E-state index contributed by atoms with van der Waals surface area (Å²) in [5, 5.41) is 3.38. The fraction of sp³-hybridized carbons (Fsp3) is 0.105. The number of hydrogen-bond acceptors (Lipinski definition) is 3. The first-order valence-electron chi connectivity index (χ1n) is 7.48. The van der Waals surface area contributed by atoms with Crippen LogP contribution in [-0.2, 0) is 0 Å². The Morgan fingerprint density at radius 2 is 1.88 bits per heavy atom. The van der Waals surface area contributed by atoms with Crippen LogP contribution in [0.2, 0.25) is 5.02 Å². The van der Waals surface area contributed by atoms with Crippen molar-refractivity contribution in [3.63, 3.8) is 0 Å². The van der Waals surface area contributed by atoms with Crippen molar-refractivity contribution >= 4 is 28.9 Å². The van der Waals surface area contributed by atoms with E-state index in [1.807, 2.05) is 44.2 Å². The lowest BCUT2D eigenvalue weighted by atomic mass is 10.1. The predicted octanol–water partition coefficient (Wildman–Crippen LogP) is 5.05. The monoisotopic (exact) mass is 340 g/mol. The van der Waals surface area contributed by atoms with Crippen molar-refractivity contribution in [3.8, 4) is 11.3 Å². The summed E-state index contributed by atoms with van der Waals surface area (Å²) in [6, 6.07) is 14.4. The molecule has 4 nitrogen and oxygen atoms in total. The molecule has 1 heterocycles. The summed E-state index contributed by atoms with van der Waals surface area (Å²) in [4.78, 5) is 12.4. The number of nitrogens with two attached hydrogens (primary N) is 1. The molecule has 0 aliphatic heterocycles. The van der Waals surface area contributed by atoms with E-state index in [1.165, 1.54) is 0 Å². The zero-order valence-electron chi connectivity index (χ0n) is 13.4. The Balaban J connectivity index is 1.86. The highest BCUT2D eigenvalue weighted by atomic mass is 35.5. The molecule has 5 heteroatoms. The molecule has 1 amide bonds. The van der Waals surface area contributed by atoms with Crippen LogP contribution in [0.25, 0.3) is 11.3 Å². The molecule has 0 aliphatic carbocycles. The van der Waals surface area contributed by atoms with Gasteiger partial charge in [-0.3, -0.25) is 4.79 Å². The molecule has 0 aliphatic rings. The Labute approximate surface area is 145 Å². The smallest absolute Gasteiger partial charge is 0.291 e. The standard InChI is InChI=1S/C19H17ClN2O2/c1-11-9-12(2)18(15(21)10-11)22-19(23)17-8-7-16(24-17)13-5-3-4-6-14(13)20/h3-10H,21H2,1-2H3,(H,22,23). The fourth-order valence-electron chi connectivity index (χ4n) is 2.61. The van der Waals surface area contributed by atoms with Crippen LogP contribution in [0.1, 0.15) is 21.7 Å². The van der Waals surface area contributed by atoms with Gasteiger partial charge in [-0.25, -0.2) is 0 Å². The highest BCUT2D eigenvalue weighted by Crippen LogP contribution is 2.30. The first kappa shape index (κ1) is 16.1. The Bertz CT molecular complexity index is 892. The highest BCUT2D eigenvalue weighted by molar-refractivity contribution is 6.33. The third-order valence-electron chi connectivity index (χ3n) is 3.72. The minimum absolute atomic E-state index is 0.198. The average molecular weight is 341 g/mol. The van der Waals surface area contributed by atoms with Gasteiger partial charge in [0.25, 0.3) is 5.91 Å². The topological polar surface area (TPSA) is 68.3 Å². The second kappa shape index (κ2) is 6.42. The Morgan fingerprint density at radius 1 is 1.12 bits per heavy atom. The van der Waals surface area contributed by atoms with Crippen LogP contribution in [0.4, 0.5) is 11.4 Å². The molecule has 24 heavy (non-hydrogen) atoms. The first-order valence-corrected chi connectivity index (χ1v) is 7.86. The number of nitrogen functional groups attached to an aromatic ring is 1. The number of benzene rings is 2. The van der Waals surface area contributed by atoms with E-state index in [0.29, 0.717) is 22.2 Å². The van der Waals surface area contributed by atoms with Crippen LogP contribution in [0.15, 0.2) is 52.9 Å². The number of rotatable bonds is 3. The van der Waals surface area contributed by atoms with E-state index in [1.54, 1.807) is 18.2 Å². The summed E-state index contributed by atoms with van der Waals surface area (Å²) in [7, 11) is 0. The fourth-order valence-corrected chi connectivity index (χ4v) is 2.84. The summed E-state index contributed by atoms with van der Waals surface area (Å²) in [5.74, 6) is 0.385. The van der Waals surface area contributed by atoms with E-state index >= 15 is 0 Å². The predicted molar refractivity (Wildman–Crippen MR) is 97.4 cm³/mol.